The van der Waals surface area contributed by atoms with Crippen molar-refractivity contribution in [3.63, 3.8) is 0 Å². The van der Waals surface area contributed by atoms with Crippen molar-refractivity contribution in [2.24, 2.45) is 0 Å². The van der Waals surface area contributed by atoms with Crippen LogP contribution in [-0.2, 0) is 11.2 Å². The van der Waals surface area contributed by atoms with Crippen molar-refractivity contribution in [1.82, 2.24) is 5.32 Å². The number of hydrogen-bond donors (Lipinski definition) is 2. The summed E-state index contributed by atoms with van der Waals surface area (Å²) in [6, 6.07) is 6.41. The lowest BCUT2D eigenvalue weighted by molar-refractivity contribution is -0.110. The SMILES string of the molecule is COc1cc2c(c(OC)c1OC)-c1ccc(N)c(=O)cc1C(NC=O)CC2. The van der Waals surface area contributed by atoms with Gasteiger partial charge in [0.25, 0.3) is 0 Å². The van der Waals surface area contributed by atoms with E-state index >= 15 is 0 Å². The Hall–Kier alpha value is -3.22. The van der Waals surface area contributed by atoms with Crippen LogP contribution < -0.4 is 30.7 Å². The van der Waals surface area contributed by atoms with Crippen molar-refractivity contribution < 1.29 is 19.0 Å². The zero-order valence-corrected chi connectivity index (χ0v) is 15.5. The van der Waals surface area contributed by atoms with Gasteiger partial charge in [0.15, 0.2) is 11.5 Å². The molecule has 0 radical (unpaired) electrons. The highest BCUT2D eigenvalue weighted by atomic mass is 16.5. The van der Waals surface area contributed by atoms with E-state index in [1.54, 1.807) is 33.5 Å². The van der Waals surface area contributed by atoms with Gasteiger partial charge in [-0.15, -0.1) is 0 Å². The molecule has 0 aliphatic heterocycles. The highest BCUT2D eigenvalue weighted by molar-refractivity contribution is 5.83. The molecule has 3 N–H and O–H groups in total. The van der Waals surface area contributed by atoms with Crippen molar-refractivity contribution in [3.8, 4) is 28.4 Å². The summed E-state index contributed by atoms with van der Waals surface area (Å²) in [6.07, 6.45) is 1.91. The molecule has 0 bridgehead atoms. The average Bonchev–Trinajstić information content (AvgIpc) is 2.91. The van der Waals surface area contributed by atoms with Gasteiger partial charge in [-0.1, -0.05) is 6.07 Å². The van der Waals surface area contributed by atoms with Gasteiger partial charge in [-0.05, 0) is 47.7 Å². The number of carbonyl (C=O) groups is 1. The second kappa shape index (κ2) is 7.57. The molecule has 1 amide bonds. The number of nitrogens with two attached hydrogens (primary N) is 1. The Morgan fingerprint density at radius 1 is 1.11 bits per heavy atom. The van der Waals surface area contributed by atoms with Gasteiger partial charge in [0.1, 0.15) is 0 Å². The van der Waals surface area contributed by atoms with Gasteiger partial charge in [-0.2, -0.15) is 0 Å². The average molecular weight is 370 g/mol. The molecule has 2 aromatic carbocycles. The van der Waals surface area contributed by atoms with Crippen LogP contribution in [0.1, 0.15) is 23.6 Å². The van der Waals surface area contributed by atoms with E-state index in [-0.39, 0.29) is 17.2 Å². The number of nitrogen functional groups attached to an aromatic ring is 1. The van der Waals surface area contributed by atoms with E-state index in [4.69, 9.17) is 19.9 Å². The molecule has 142 valence electrons. The van der Waals surface area contributed by atoms with Crippen molar-refractivity contribution in [3.05, 3.63) is 45.6 Å². The second-order valence-electron chi connectivity index (χ2n) is 6.22. The molecule has 0 fully saturated rings. The standard InChI is InChI=1S/C20H22N2O5/c1-25-17-8-11-4-7-15(22-10-23)13-9-16(24)14(21)6-5-12(13)18(11)20(27-3)19(17)26-2/h5-6,8-10,15H,4,7H2,1-3H3,(H2,21,24)(H,22,23). The zero-order chi connectivity index (χ0) is 19.6. The van der Waals surface area contributed by atoms with Crippen LogP contribution in [0.3, 0.4) is 0 Å². The number of ether oxygens (including phenoxy) is 3. The van der Waals surface area contributed by atoms with Gasteiger partial charge in [-0.3, -0.25) is 9.59 Å². The van der Waals surface area contributed by atoms with E-state index in [9.17, 15) is 9.59 Å². The molecule has 0 spiro atoms. The quantitative estimate of drug-likeness (QED) is 0.782. The molecule has 0 aromatic heterocycles. The maximum Gasteiger partial charge on any atom is 0.207 e. The summed E-state index contributed by atoms with van der Waals surface area (Å²) in [5.41, 5.74) is 8.90. The van der Waals surface area contributed by atoms with Crippen molar-refractivity contribution >= 4 is 12.1 Å². The molecule has 1 atom stereocenters. The van der Waals surface area contributed by atoms with Crippen LogP contribution in [0.25, 0.3) is 11.1 Å². The Kier molecular flexibility index (Phi) is 5.21. The lowest BCUT2D eigenvalue weighted by atomic mass is 9.95. The summed E-state index contributed by atoms with van der Waals surface area (Å²) in [4.78, 5) is 23.5. The Bertz CT molecular complexity index is 942. The minimum atomic E-state index is -0.328. The molecule has 7 nitrogen and oxygen atoms in total. The third kappa shape index (κ3) is 3.16. The second-order valence-corrected chi connectivity index (χ2v) is 6.22. The molecular formula is C20H22N2O5. The van der Waals surface area contributed by atoms with Crippen LogP contribution in [0.15, 0.2) is 29.1 Å². The van der Waals surface area contributed by atoms with Gasteiger partial charge in [0, 0.05) is 5.56 Å². The van der Waals surface area contributed by atoms with E-state index in [0.717, 1.165) is 16.7 Å². The number of benzene rings is 1. The van der Waals surface area contributed by atoms with Crippen LogP contribution in [-0.4, -0.2) is 27.7 Å². The van der Waals surface area contributed by atoms with E-state index in [2.05, 4.69) is 5.32 Å². The molecule has 0 heterocycles. The highest BCUT2D eigenvalue weighted by Gasteiger charge is 2.28. The number of fused-ring (bicyclic) bond motifs is 3. The van der Waals surface area contributed by atoms with Crippen LogP contribution >= 0.6 is 0 Å². The summed E-state index contributed by atoms with van der Waals surface area (Å²) < 4.78 is 16.6. The topological polar surface area (TPSA) is 99.9 Å². The molecule has 27 heavy (non-hydrogen) atoms. The Morgan fingerprint density at radius 3 is 2.48 bits per heavy atom. The highest BCUT2D eigenvalue weighted by Crippen LogP contribution is 2.50. The van der Waals surface area contributed by atoms with E-state index in [0.29, 0.717) is 42.1 Å². The number of rotatable bonds is 5. The minimum absolute atomic E-state index is 0.133. The minimum Gasteiger partial charge on any atom is -0.493 e. The van der Waals surface area contributed by atoms with Gasteiger partial charge >= 0.3 is 0 Å². The lowest BCUT2D eigenvalue weighted by Crippen LogP contribution is -2.20. The van der Waals surface area contributed by atoms with E-state index in [1.807, 2.05) is 6.07 Å². The Morgan fingerprint density at radius 2 is 1.85 bits per heavy atom. The Balaban J connectivity index is 2.43. The number of methoxy groups -OCH3 is 3. The molecule has 0 saturated heterocycles. The fourth-order valence-electron chi connectivity index (χ4n) is 3.58. The number of amides is 1. The normalized spacial score (nSPS) is 15.0. The first-order valence-electron chi connectivity index (χ1n) is 8.51. The predicted octanol–water partition coefficient (Wildman–Crippen LogP) is 2.06. The number of aryl methyl sites for hydroxylation is 1. The molecule has 0 saturated carbocycles. The van der Waals surface area contributed by atoms with E-state index in [1.165, 1.54) is 6.07 Å². The van der Waals surface area contributed by atoms with Crippen LogP contribution in [0.4, 0.5) is 5.69 Å². The molecule has 1 aliphatic carbocycles. The predicted molar refractivity (Wildman–Crippen MR) is 102 cm³/mol. The van der Waals surface area contributed by atoms with Gasteiger partial charge in [0.2, 0.25) is 17.6 Å². The first-order chi connectivity index (χ1) is 13.0. The third-order valence-corrected chi connectivity index (χ3v) is 4.84. The van der Waals surface area contributed by atoms with Gasteiger partial charge < -0.3 is 25.3 Å². The number of anilines is 1. The number of hydrogen-bond acceptors (Lipinski definition) is 6. The summed E-state index contributed by atoms with van der Waals surface area (Å²) >= 11 is 0. The van der Waals surface area contributed by atoms with E-state index < -0.39 is 0 Å². The molecular weight excluding hydrogens is 348 g/mol. The van der Waals surface area contributed by atoms with Gasteiger partial charge in [-0.25, -0.2) is 0 Å². The lowest BCUT2D eigenvalue weighted by Gasteiger charge is -2.19. The first-order valence-corrected chi connectivity index (χ1v) is 8.51. The summed E-state index contributed by atoms with van der Waals surface area (Å²) in [5.74, 6) is 1.53. The molecule has 7 heteroatoms. The first kappa shape index (κ1) is 18.6. The van der Waals surface area contributed by atoms with Crippen molar-refractivity contribution in [1.29, 1.82) is 0 Å². The van der Waals surface area contributed by atoms with Crippen molar-refractivity contribution in [2.45, 2.75) is 18.9 Å². The maximum absolute atomic E-state index is 12.3. The maximum atomic E-state index is 12.3. The van der Waals surface area contributed by atoms with Crippen LogP contribution in [0, 0.1) is 0 Å². The summed E-state index contributed by atoms with van der Waals surface area (Å²) in [6.45, 7) is 0. The zero-order valence-electron chi connectivity index (χ0n) is 15.5. The van der Waals surface area contributed by atoms with Crippen LogP contribution in [0.2, 0.25) is 0 Å². The third-order valence-electron chi connectivity index (χ3n) is 4.84. The monoisotopic (exact) mass is 370 g/mol. The van der Waals surface area contributed by atoms with Crippen LogP contribution in [0.5, 0.6) is 17.2 Å². The van der Waals surface area contributed by atoms with Crippen molar-refractivity contribution in [2.75, 3.05) is 27.1 Å². The number of carbonyl (C=O) groups excluding carboxylic acids is 1. The molecule has 1 unspecified atom stereocenters. The molecule has 1 aliphatic rings. The largest absolute Gasteiger partial charge is 0.493 e. The molecule has 2 aromatic rings. The fourth-order valence-corrected chi connectivity index (χ4v) is 3.58. The summed E-state index contributed by atoms with van der Waals surface area (Å²) in [7, 11) is 4.66. The summed E-state index contributed by atoms with van der Waals surface area (Å²) in [5, 5.41) is 2.81. The number of nitrogens with one attached hydrogen (secondary N) is 1. The Labute approximate surface area is 157 Å². The molecule has 3 rings (SSSR count). The van der Waals surface area contributed by atoms with Gasteiger partial charge in [0.05, 0.1) is 33.1 Å². The fraction of sp³-hybridized carbons (Fsp3) is 0.300. The smallest absolute Gasteiger partial charge is 0.207 e.